The number of H-pyrrole nitrogens is 1. The molecule has 2 aliphatic rings. The highest BCUT2D eigenvalue weighted by molar-refractivity contribution is 7.70. The van der Waals surface area contributed by atoms with Crippen molar-refractivity contribution in [2.45, 2.75) is 48.8 Å². The van der Waals surface area contributed by atoms with Crippen molar-refractivity contribution in [1.82, 2.24) is 24.9 Å². The third-order valence-corrected chi connectivity index (χ3v) is 12.4. The van der Waals surface area contributed by atoms with E-state index in [0.29, 0.717) is 22.0 Å². The Kier molecular flexibility index (Phi) is 11.1. The number of aromatic amines is 1. The van der Waals surface area contributed by atoms with Crippen LogP contribution in [0.1, 0.15) is 33.5 Å². The van der Waals surface area contributed by atoms with Crippen LogP contribution in [0.2, 0.25) is 0 Å². The molecule has 2 saturated heterocycles. The zero-order valence-corrected chi connectivity index (χ0v) is 28.1. The van der Waals surface area contributed by atoms with Crippen LogP contribution in [0.25, 0.3) is 11.2 Å². The fraction of sp³-hybridized carbons (Fsp3) is 0.625. The fourth-order valence-electron chi connectivity index (χ4n) is 5.45. The van der Waals surface area contributed by atoms with Crippen LogP contribution >= 0.6 is 26.5 Å². The number of amides is 1. The van der Waals surface area contributed by atoms with Gasteiger partial charge in [-0.25, -0.2) is 19.9 Å². The van der Waals surface area contributed by atoms with Crippen LogP contribution in [-0.2, 0) is 46.6 Å². The number of aromatic nitrogens is 5. The Hall–Kier alpha value is -2.49. The zero-order chi connectivity index (χ0) is 34.1. The Morgan fingerprint density at radius 1 is 0.915 bits per heavy atom. The van der Waals surface area contributed by atoms with Crippen molar-refractivity contribution in [2.75, 3.05) is 53.3 Å². The first kappa shape index (κ1) is 35.8. The van der Waals surface area contributed by atoms with E-state index in [4.69, 9.17) is 48.9 Å². The second-order valence-electron chi connectivity index (χ2n) is 10.5. The molecule has 5 heterocycles. The number of nitrogens with one attached hydrogen (secondary N) is 1. The van der Waals surface area contributed by atoms with Gasteiger partial charge in [-0.3, -0.25) is 13.9 Å². The van der Waals surface area contributed by atoms with Gasteiger partial charge >= 0.3 is 15.2 Å². The van der Waals surface area contributed by atoms with Crippen molar-refractivity contribution in [2.24, 2.45) is 5.73 Å². The van der Waals surface area contributed by atoms with Gasteiger partial charge in [0.1, 0.15) is 77.2 Å². The summed E-state index contributed by atoms with van der Waals surface area (Å²) in [7, 11) is -3.86. The molecule has 4 unspecified atom stereocenters. The molecule has 0 aromatic carbocycles. The van der Waals surface area contributed by atoms with Gasteiger partial charge in [0, 0.05) is 33.8 Å². The standard InChI is InChI=1S/C24H35N7O13P2S/c1-37-14-11(43-18(16(14)39-3)23-30-13-20(25)27-8-28-22(13)31-23)5-41-45(33,34)9-46(35,36)42-6-12-15(38-2)17(40-4)19(44-12)24-29-10(7-47-24)21(26)32/h7-8,11-12,14-19H,5-6,9H2,1-4H3,(H2,26,32)(H,33,34)(H,35,36)(H3,25,27,28,30,31)/t11-,12-,14+,15+,16?,17?,18-,19-/m1/s1. The molecule has 0 saturated carbocycles. The maximum atomic E-state index is 13.0. The number of thiazole rings is 1. The number of rotatable bonds is 15. The summed E-state index contributed by atoms with van der Waals surface area (Å²) in [5, 5.41) is 1.83. The molecule has 20 nitrogen and oxygen atoms in total. The summed E-state index contributed by atoms with van der Waals surface area (Å²) < 4.78 is 70.5. The van der Waals surface area contributed by atoms with E-state index in [0.717, 1.165) is 11.3 Å². The van der Waals surface area contributed by atoms with Gasteiger partial charge in [0.2, 0.25) is 0 Å². The number of fused-ring (bicyclic) bond motifs is 1. The van der Waals surface area contributed by atoms with E-state index in [1.807, 2.05) is 0 Å². The lowest BCUT2D eigenvalue weighted by atomic mass is 10.1. The summed E-state index contributed by atoms with van der Waals surface area (Å²) in [6, 6.07) is 0. The first-order valence-corrected chi connectivity index (χ1v) is 18.3. The number of anilines is 1. The van der Waals surface area contributed by atoms with Gasteiger partial charge in [0.15, 0.2) is 17.4 Å². The van der Waals surface area contributed by atoms with Crippen molar-refractivity contribution in [1.29, 1.82) is 0 Å². The van der Waals surface area contributed by atoms with E-state index in [1.165, 1.54) is 40.1 Å². The molecule has 260 valence electrons. The normalized spacial score (nSPS) is 30.4. The van der Waals surface area contributed by atoms with Gasteiger partial charge in [-0.2, -0.15) is 0 Å². The van der Waals surface area contributed by atoms with Crippen LogP contribution < -0.4 is 11.5 Å². The molecule has 3 aromatic rings. The summed E-state index contributed by atoms with van der Waals surface area (Å²) in [4.78, 5) is 52.1. The Balaban J connectivity index is 1.20. The van der Waals surface area contributed by atoms with Gasteiger partial charge in [-0.05, 0) is 0 Å². The number of carbonyl (C=O) groups is 1. The van der Waals surface area contributed by atoms with Crippen LogP contribution in [0.15, 0.2) is 11.7 Å². The van der Waals surface area contributed by atoms with Crippen LogP contribution in [0, 0.1) is 0 Å². The van der Waals surface area contributed by atoms with Gasteiger partial charge in [0.05, 0.1) is 13.2 Å². The molecule has 1 amide bonds. The Labute approximate surface area is 271 Å². The van der Waals surface area contributed by atoms with Crippen LogP contribution in [0.4, 0.5) is 5.82 Å². The summed E-state index contributed by atoms with van der Waals surface area (Å²) in [5.74, 6) is -1.48. The number of hydrogen-bond acceptors (Lipinski definition) is 17. The van der Waals surface area contributed by atoms with Crippen LogP contribution in [0.5, 0.6) is 0 Å². The lowest BCUT2D eigenvalue weighted by molar-refractivity contribution is -0.0379. The number of nitrogens with zero attached hydrogens (tertiary/aromatic N) is 4. The van der Waals surface area contributed by atoms with E-state index in [-0.39, 0.29) is 11.5 Å². The lowest BCUT2D eigenvalue weighted by Crippen LogP contribution is -2.36. The van der Waals surface area contributed by atoms with E-state index >= 15 is 0 Å². The van der Waals surface area contributed by atoms with Crippen LogP contribution in [0.3, 0.4) is 0 Å². The molecule has 23 heteroatoms. The SMILES string of the molecule is COC1[C@@H](OC)[C@@H](COP(=O)(O)CP(=O)(O)OC[C@H]2O[C@@H](c3nc(C(N)=O)cs3)C(OC)[C@H]2OC)O[C@H]1c1nc2ncnc(N)c2[nH]1. The smallest absolute Gasteiger partial charge is 0.340 e. The first-order chi connectivity index (χ1) is 22.3. The van der Waals surface area contributed by atoms with Gasteiger partial charge in [-0.1, -0.05) is 0 Å². The third kappa shape index (κ3) is 7.73. The molecule has 2 aliphatic heterocycles. The Morgan fingerprint density at radius 2 is 1.47 bits per heavy atom. The minimum Gasteiger partial charge on any atom is -0.382 e. The summed E-state index contributed by atoms with van der Waals surface area (Å²) in [5.41, 5.74) is 11.9. The minimum atomic E-state index is -4.74. The van der Waals surface area contributed by atoms with E-state index < -0.39 is 89.0 Å². The number of nitrogens with two attached hydrogens (primary N) is 2. The van der Waals surface area contributed by atoms with Crippen LogP contribution in [-0.4, -0.2) is 125 Å². The summed E-state index contributed by atoms with van der Waals surface area (Å²) in [6.45, 7) is -1.03. The monoisotopic (exact) mass is 723 g/mol. The number of carbonyl (C=O) groups excluding carboxylic acids is 1. The first-order valence-electron chi connectivity index (χ1n) is 13.9. The molecular formula is C24H35N7O13P2S. The number of imidazole rings is 1. The number of primary amides is 1. The van der Waals surface area contributed by atoms with Crippen molar-refractivity contribution in [3.63, 3.8) is 0 Å². The van der Waals surface area contributed by atoms with Gasteiger partial charge < -0.3 is 63.7 Å². The molecule has 7 N–H and O–H groups in total. The van der Waals surface area contributed by atoms with E-state index in [9.17, 15) is 23.7 Å². The number of methoxy groups -OCH3 is 4. The topological polar surface area (TPSA) is 285 Å². The maximum Gasteiger partial charge on any atom is 0.340 e. The Morgan fingerprint density at radius 3 is 1.98 bits per heavy atom. The fourth-order valence-corrected chi connectivity index (χ4v) is 9.54. The highest BCUT2D eigenvalue weighted by atomic mass is 32.1. The second-order valence-corrected chi connectivity index (χ2v) is 15.6. The molecule has 47 heavy (non-hydrogen) atoms. The van der Waals surface area contributed by atoms with Crippen molar-refractivity contribution < 1.29 is 61.2 Å². The molecular weight excluding hydrogens is 688 g/mol. The van der Waals surface area contributed by atoms with Crippen molar-refractivity contribution in [3.8, 4) is 0 Å². The van der Waals surface area contributed by atoms with Gasteiger partial charge in [0.25, 0.3) is 5.91 Å². The van der Waals surface area contributed by atoms with E-state index in [1.54, 1.807) is 0 Å². The molecule has 10 atom stereocenters. The number of hydrogen-bond donors (Lipinski definition) is 5. The number of nitrogen functional groups attached to an aromatic ring is 1. The summed E-state index contributed by atoms with van der Waals surface area (Å²) in [6.07, 6.45) is -5.34. The van der Waals surface area contributed by atoms with Crippen molar-refractivity contribution in [3.05, 3.63) is 28.2 Å². The molecule has 3 aromatic heterocycles. The largest absolute Gasteiger partial charge is 0.382 e. The third-order valence-electron chi connectivity index (χ3n) is 7.57. The minimum absolute atomic E-state index is 0.0401. The molecule has 5 rings (SSSR count). The summed E-state index contributed by atoms with van der Waals surface area (Å²) >= 11 is 1.11. The molecule has 0 aliphatic carbocycles. The highest BCUT2D eigenvalue weighted by Crippen LogP contribution is 2.59. The molecule has 0 spiro atoms. The zero-order valence-electron chi connectivity index (χ0n) is 25.5. The highest BCUT2D eigenvalue weighted by Gasteiger charge is 2.50. The van der Waals surface area contributed by atoms with E-state index in [2.05, 4.69) is 24.9 Å². The predicted molar refractivity (Wildman–Crippen MR) is 162 cm³/mol. The predicted octanol–water partition coefficient (Wildman–Crippen LogP) is 0.492. The average Bonchev–Trinajstić information content (AvgIpc) is 3.81. The molecule has 0 bridgehead atoms. The van der Waals surface area contributed by atoms with Crippen molar-refractivity contribution >= 4 is 49.4 Å². The molecule has 0 radical (unpaired) electrons. The Bertz CT molecular complexity index is 1660. The average molecular weight is 724 g/mol. The number of ether oxygens (including phenoxy) is 6. The maximum absolute atomic E-state index is 13.0. The second kappa shape index (κ2) is 14.6. The lowest BCUT2D eigenvalue weighted by Gasteiger charge is -2.23. The van der Waals surface area contributed by atoms with Gasteiger partial charge in [-0.15, -0.1) is 11.3 Å². The molecule has 2 fully saturated rings. The quantitative estimate of drug-likeness (QED) is 0.133.